The Bertz CT molecular complexity index is 1490. The molecule has 2 aliphatic rings. The molecule has 1 aliphatic carbocycles. The summed E-state index contributed by atoms with van der Waals surface area (Å²) in [4.78, 5) is 48.5. The van der Waals surface area contributed by atoms with Crippen molar-refractivity contribution in [2.24, 2.45) is 5.92 Å². The zero-order valence-electron chi connectivity index (χ0n) is 21.9. The van der Waals surface area contributed by atoms with Crippen LogP contribution in [0.2, 0.25) is 0 Å². The van der Waals surface area contributed by atoms with Gasteiger partial charge in [0.2, 0.25) is 11.8 Å². The van der Waals surface area contributed by atoms with Gasteiger partial charge >= 0.3 is 0 Å². The lowest BCUT2D eigenvalue weighted by Gasteiger charge is -2.25. The fourth-order valence-corrected chi connectivity index (χ4v) is 4.78. The number of nitrogens with zero attached hydrogens (tertiary/aromatic N) is 3. The molecule has 1 saturated carbocycles. The second kappa shape index (κ2) is 11.4. The van der Waals surface area contributed by atoms with Crippen molar-refractivity contribution in [3.8, 4) is 0 Å². The minimum Gasteiger partial charge on any atom is -0.384 e. The maximum Gasteiger partial charge on any atom is 0.270 e. The molecule has 1 saturated heterocycles. The molecule has 1 aromatic carbocycles. The summed E-state index contributed by atoms with van der Waals surface area (Å²) < 4.78 is 27.8. The minimum atomic E-state index is -1.38. The largest absolute Gasteiger partial charge is 0.384 e. The van der Waals surface area contributed by atoms with Crippen LogP contribution in [0.3, 0.4) is 0 Å². The van der Waals surface area contributed by atoms with Gasteiger partial charge in [-0.2, -0.15) is 0 Å². The van der Waals surface area contributed by atoms with Crippen molar-refractivity contribution in [1.29, 1.82) is 0 Å². The molecule has 3 heterocycles. The lowest BCUT2D eigenvalue weighted by atomic mass is 10.1. The predicted molar refractivity (Wildman–Crippen MR) is 146 cm³/mol. The van der Waals surface area contributed by atoms with Crippen molar-refractivity contribution in [3.63, 3.8) is 0 Å². The zero-order chi connectivity index (χ0) is 28.4. The number of alkyl halides is 1. The first-order valence-corrected chi connectivity index (χ1v) is 13.2. The van der Waals surface area contributed by atoms with Crippen molar-refractivity contribution in [3.05, 3.63) is 71.3 Å². The molecular formula is C29H30F2N6O3. The molecule has 2 fully saturated rings. The average molecular weight is 549 g/mol. The maximum absolute atomic E-state index is 14.4. The average Bonchev–Trinajstić information content (AvgIpc) is 3.68. The first-order chi connectivity index (χ1) is 19.2. The van der Waals surface area contributed by atoms with Gasteiger partial charge in [0.1, 0.15) is 29.5 Å². The molecule has 0 radical (unpaired) electrons. The van der Waals surface area contributed by atoms with Crippen LogP contribution in [0.15, 0.2) is 48.5 Å². The molecule has 3 amide bonds. The molecule has 0 spiro atoms. The first-order valence-electron chi connectivity index (χ1n) is 13.2. The number of fused-ring (bicyclic) bond motifs is 1. The van der Waals surface area contributed by atoms with Crippen LogP contribution in [0, 0.1) is 11.7 Å². The van der Waals surface area contributed by atoms with E-state index in [1.807, 2.05) is 12.1 Å². The van der Waals surface area contributed by atoms with Gasteiger partial charge < -0.3 is 21.3 Å². The van der Waals surface area contributed by atoms with Crippen LogP contribution < -0.4 is 16.4 Å². The topological polar surface area (TPSA) is 130 Å². The summed E-state index contributed by atoms with van der Waals surface area (Å²) in [6.07, 6.45) is 4.85. The Kier molecular flexibility index (Phi) is 7.72. The highest BCUT2D eigenvalue weighted by Gasteiger charge is 2.40. The van der Waals surface area contributed by atoms with Gasteiger partial charge in [-0.15, -0.1) is 0 Å². The number of allylic oxidation sites excluding steroid dienone is 1. The van der Waals surface area contributed by atoms with Crippen molar-refractivity contribution in [2.75, 3.05) is 18.8 Å². The number of halogens is 2. The number of hydrogen-bond acceptors (Lipinski definition) is 6. The number of pyridine rings is 2. The summed E-state index contributed by atoms with van der Waals surface area (Å²) >= 11 is 0. The lowest BCUT2D eigenvalue weighted by Crippen LogP contribution is -2.49. The fourth-order valence-electron chi connectivity index (χ4n) is 4.78. The molecule has 5 rings (SSSR count). The molecule has 4 N–H and O–H groups in total. The lowest BCUT2D eigenvalue weighted by molar-refractivity contribution is -0.138. The molecule has 3 atom stereocenters. The van der Waals surface area contributed by atoms with Gasteiger partial charge in [-0.25, -0.2) is 18.7 Å². The predicted octanol–water partition coefficient (Wildman–Crippen LogP) is 3.32. The van der Waals surface area contributed by atoms with Crippen LogP contribution in [0.4, 0.5) is 14.6 Å². The van der Waals surface area contributed by atoms with E-state index in [4.69, 9.17) is 5.73 Å². The molecule has 1 aliphatic heterocycles. The second-order valence-corrected chi connectivity index (χ2v) is 10.2. The number of rotatable bonds is 8. The first kappa shape index (κ1) is 27.2. The number of carbonyl (C=O) groups is 3. The van der Waals surface area contributed by atoms with Gasteiger partial charge in [-0.05, 0) is 67.6 Å². The molecule has 208 valence electrons. The fraction of sp³-hybridized carbons (Fsp3) is 0.345. The number of nitrogens with one attached hydrogen (secondary N) is 2. The third kappa shape index (κ3) is 6.24. The molecule has 3 aromatic rings. The highest BCUT2D eigenvalue weighted by molar-refractivity contribution is 5.97. The van der Waals surface area contributed by atoms with Crippen LogP contribution in [-0.4, -0.2) is 57.9 Å². The van der Waals surface area contributed by atoms with Crippen molar-refractivity contribution in [1.82, 2.24) is 25.5 Å². The highest BCUT2D eigenvalue weighted by atomic mass is 19.1. The quantitative estimate of drug-likeness (QED) is 0.396. The number of carbonyl (C=O) groups excluding carboxylic acids is 3. The molecular weight excluding hydrogens is 518 g/mol. The Labute approximate surface area is 229 Å². The van der Waals surface area contributed by atoms with E-state index in [2.05, 4.69) is 26.7 Å². The summed E-state index contributed by atoms with van der Waals surface area (Å²) in [5, 5.41) is 5.86. The number of nitrogen functional groups attached to an aromatic ring is 1. The van der Waals surface area contributed by atoms with E-state index < -0.39 is 48.3 Å². The number of amides is 3. The van der Waals surface area contributed by atoms with Gasteiger partial charge in [-0.1, -0.05) is 18.2 Å². The van der Waals surface area contributed by atoms with E-state index in [-0.39, 0.29) is 18.7 Å². The second-order valence-electron chi connectivity index (χ2n) is 10.2. The summed E-state index contributed by atoms with van der Waals surface area (Å²) in [6.45, 7) is 1.06. The van der Waals surface area contributed by atoms with E-state index in [0.29, 0.717) is 28.3 Å². The summed E-state index contributed by atoms with van der Waals surface area (Å²) in [6, 6.07) is 8.92. The van der Waals surface area contributed by atoms with Crippen molar-refractivity contribution < 1.29 is 23.2 Å². The van der Waals surface area contributed by atoms with Crippen LogP contribution in [0.25, 0.3) is 17.0 Å². The summed E-state index contributed by atoms with van der Waals surface area (Å²) in [5.74, 6) is -1.29. The van der Waals surface area contributed by atoms with Crippen molar-refractivity contribution >= 4 is 40.5 Å². The van der Waals surface area contributed by atoms with E-state index in [1.54, 1.807) is 19.1 Å². The molecule has 2 aromatic heterocycles. The standard InChI is InChI=1S/C29H30F2N6O3/c1-16(27-18(5-4-17-2-3-17)7-11-25(32)36-27)34-29(40)24-13-21(31)15-37(24)26(38)14-33-28(39)23-9-6-19-12-20(30)8-10-22(19)35-23/h4-12,16-17,21,24H,2-3,13-15H2,1H3,(H2,32,36)(H,33,39)(H,34,40)/b5-4+/t16?,21-,24?/m1/s1. The number of anilines is 1. The highest BCUT2D eigenvalue weighted by Crippen LogP contribution is 2.31. The van der Waals surface area contributed by atoms with Crippen LogP contribution in [-0.2, 0) is 9.59 Å². The number of likely N-dealkylation sites (tertiary alicyclic amines) is 1. The van der Waals surface area contributed by atoms with E-state index >= 15 is 0 Å². The normalized spacial score (nSPS) is 19.6. The Morgan fingerprint density at radius 2 is 1.95 bits per heavy atom. The van der Waals surface area contributed by atoms with Crippen LogP contribution in [0.5, 0.6) is 0 Å². The third-order valence-electron chi connectivity index (χ3n) is 7.07. The zero-order valence-corrected chi connectivity index (χ0v) is 21.9. The summed E-state index contributed by atoms with van der Waals surface area (Å²) in [5.41, 5.74) is 7.77. The monoisotopic (exact) mass is 548 g/mol. The SMILES string of the molecule is CC(NC(=O)C1C[C@@H](F)CN1C(=O)CNC(=O)c1ccc2cc(F)ccc2n1)c1nc(N)ccc1/C=C/C1CC1. The van der Waals surface area contributed by atoms with Gasteiger partial charge in [0, 0.05) is 11.8 Å². The molecule has 40 heavy (non-hydrogen) atoms. The number of aromatic nitrogens is 2. The van der Waals surface area contributed by atoms with Crippen LogP contribution in [0.1, 0.15) is 54.0 Å². The van der Waals surface area contributed by atoms with E-state index in [1.165, 1.54) is 24.3 Å². The van der Waals surface area contributed by atoms with Crippen molar-refractivity contribution in [2.45, 2.75) is 44.4 Å². The Morgan fingerprint density at radius 1 is 1.15 bits per heavy atom. The van der Waals surface area contributed by atoms with E-state index in [0.717, 1.165) is 23.3 Å². The molecule has 9 nitrogen and oxygen atoms in total. The van der Waals surface area contributed by atoms with Gasteiger partial charge in [0.25, 0.3) is 5.91 Å². The van der Waals surface area contributed by atoms with Gasteiger partial charge in [-0.3, -0.25) is 14.4 Å². The van der Waals surface area contributed by atoms with E-state index in [9.17, 15) is 23.2 Å². The minimum absolute atomic E-state index is 0.0426. The van der Waals surface area contributed by atoms with Crippen LogP contribution >= 0.6 is 0 Å². The number of benzene rings is 1. The third-order valence-corrected chi connectivity index (χ3v) is 7.07. The smallest absolute Gasteiger partial charge is 0.270 e. The Hall–Kier alpha value is -4.41. The number of nitrogens with two attached hydrogens (primary N) is 1. The Morgan fingerprint density at radius 3 is 2.73 bits per heavy atom. The Balaban J connectivity index is 1.22. The molecule has 11 heteroatoms. The molecule has 0 bridgehead atoms. The number of hydrogen-bond donors (Lipinski definition) is 3. The van der Waals surface area contributed by atoms with Gasteiger partial charge in [0.05, 0.1) is 30.3 Å². The van der Waals surface area contributed by atoms with Gasteiger partial charge in [0.15, 0.2) is 0 Å². The molecule has 2 unspecified atom stereocenters. The summed E-state index contributed by atoms with van der Waals surface area (Å²) in [7, 11) is 0. The maximum atomic E-state index is 14.4.